The fraction of sp³-hybridized carbons (Fsp3) is 0.0714. The van der Waals surface area contributed by atoms with Crippen LogP contribution in [-0.4, -0.2) is 17.4 Å². The van der Waals surface area contributed by atoms with Crippen molar-refractivity contribution >= 4 is 34.6 Å². The number of carbonyl (C=O) groups is 1. The molecule has 0 aliphatic rings. The first-order valence-electron chi connectivity index (χ1n) is 6.09. The molecule has 0 aliphatic carbocycles. The Morgan fingerprint density at radius 1 is 1.14 bits per heavy atom. The minimum atomic E-state index is -0.572. The lowest BCUT2D eigenvalue weighted by molar-refractivity contribution is -0.384. The summed E-state index contributed by atoms with van der Waals surface area (Å²) >= 11 is 5.71. The van der Waals surface area contributed by atoms with Crippen molar-refractivity contribution in [3.63, 3.8) is 0 Å². The maximum atomic E-state index is 11.7. The first-order valence-corrected chi connectivity index (χ1v) is 6.47. The van der Waals surface area contributed by atoms with E-state index < -0.39 is 4.92 Å². The van der Waals surface area contributed by atoms with Crippen LogP contribution >= 0.6 is 11.6 Å². The highest BCUT2D eigenvalue weighted by molar-refractivity contribution is 6.32. The van der Waals surface area contributed by atoms with Crippen molar-refractivity contribution in [1.29, 1.82) is 0 Å². The van der Waals surface area contributed by atoms with Gasteiger partial charge in [0.1, 0.15) is 5.02 Å². The zero-order valence-electron chi connectivity index (χ0n) is 10.9. The summed E-state index contributed by atoms with van der Waals surface area (Å²) in [4.78, 5) is 21.9. The molecule has 0 radical (unpaired) electrons. The largest absolute Gasteiger partial charge is 0.376 e. The monoisotopic (exact) mass is 305 g/mol. The van der Waals surface area contributed by atoms with E-state index in [9.17, 15) is 14.9 Å². The number of anilines is 2. The third kappa shape index (κ3) is 4.19. The molecule has 0 atom stereocenters. The summed E-state index contributed by atoms with van der Waals surface area (Å²) in [6.07, 6.45) is 0. The normalized spacial score (nSPS) is 9.95. The van der Waals surface area contributed by atoms with E-state index in [1.165, 1.54) is 12.1 Å². The molecule has 2 N–H and O–H groups in total. The van der Waals surface area contributed by atoms with Crippen LogP contribution in [0.1, 0.15) is 0 Å². The Morgan fingerprint density at radius 2 is 1.86 bits per heavy atom. The Bertz CT molecular complexity index is 662. The fourth-order valence-electron chi connectivity index (χ4n) is 1.67. The number of nitro benzene ring substituents is 1. The van der Waals surface area contributed by atoms with Crippen LogP contribution in [-0.2, 0) is 4.79 Å². The average molecular weight is 306 g/mol. The molecule has 0 spiro atoms. The maximum Gasteiger partial charge on any atom is 0.289 e. The van der Waals surface area contributed by atoms with Crippen molar-refractivity contribution in [3.8, 4) is 0 Å². The molecule has 0 saturated carbocycles. The number of halogens is 1. The highest BCUT2D eigenvalue weighted by atomic mass is 35.5. The van der Waals surface area contributed by atoms with Crippen LogP contribution < -0.4 is 10.6 Å². The highest BCUT2D eigenvalue weighted by Gasteiger charge is 2.13. The van der Waals surface area contributed by atoms with Crippen molar-refractivity contribution in [2.75, 3.05) is 17.2 Å². The molecule has 0 bridgehead atoms. The van der Waals surface area contributed by atoms with Crippen LogP contribution in [0.4, 0.5) is 17.1 Å². The van der Waals surface area contributed by atoms with Gasteiger partial charge in [0.05, 0.1) is 11.5 Å². The summed E-state index contributed by atoms with van der Waals surface area (Å²) < 4.78 is 0. The van der Waals surface area contributed by atoms with E-state index in [0.717, 1.165) is 0 Å². The second-order valence-electron chi connectivity index (χ2n) is 4.19. The number of nitrogens with one attached hydrogen (secondary N) is 2. The Hall–Kier alpha value is -2.60. The van der Waals surface area contributed by atoms with Crippen molar-refractivity contribution in [1.82, 2.24) is 0 Å². The number of nitro groups is 1. The van der Waals surface area contributed by atoms with Gasteiger partial charge in [0, 0.05) is 17.4 Å². The van der Waals surface area contributed by atoms with Gasteiger partial charge in [-0.2, -0.15) is 0 Å². The molecule has 0 unspecified atom stereocenters. The van der Waals surface area contributed by atoms with Gasteiger partial charge in [0.25, 0.3) is 5.69 Å². The minimum Gasteiger partial charge on any atom is -0.376 e. The quantitative estimate of drug-likeness (QED) is 0.655. The molecule has 0 fully saturated rings. The molecule has 0 heterocycles. The Kier molecular flexibility index (Phi) is 4.73. The van der Waals surface area contributed by atoms with Crippen LogP contribution in [0.2, 0.25) is 5.02 Å². The van der Waals surface area contributed by atoms with Crippen LogP contribution in [0, 0.1) is 10.1 Å². The van der Waals surface area contributed by atoms with Crippen molar-refractivity contribution in [2.24, 2.45) is 0 Å². The smallest absolute Gasteiger partial charge is 0.289 e. The van der Waals surface area contributed by atoms with E-state index in [1.54, 1.807) is 18.2 Å². The van der Waals surface area contributed by atoms with Crippen LogP contribution in [0.3, 0.4) is 0 Å². The summed E-state index contributed by atoms with van der Waals surface area (Å²) in [5.41, 5.74) is 0.936. The molecule has 1 amide bonds. The first-order chi connectivity index (χ1) is 10.1. The standard InChI is InChI=1S/C14H12ClN3O3/c15-12-7-6-11(8-13(12)18(20)21)16-9-14(19)17-10-4-2-1-3-5-10/h1-8,16H,9H2,(H,17,19). The Labute approximate surface area is 125 Å². The topological polar surface area (TPSA) is 84.3 Å². The van der Waals surface area contributed by atoms with E-state index in [-0.39, 0.29) is 23.2 Å². The van der Waals surface area contributed by atoms with Crippen LogP contribution in [0.5, 0.6) is 0 Å². The van der Waals surface area contributed by atoms with Crippen molar-refractivity contribution in [2.45, 2.75) is 0 Å². The van der Waals surface area contributed by atoms with E-state index in [0.29, 0.717) is 11.4 Å². The summed E-state index contributed by atoms with van der Waals surface area (Å²) in [5.74, 6) is -0.251. The van der Waals surface area contributed by atoms with Gasteiger partial charge in [0.2, 0.25) is 5.91 Å². The number of nitrogens with zero attached hydrogens (tertiary/aromatic N) is 1. The lowest BCUT2D eigenvalue weighted by atomic mass is 10.2. The molecule has 108 valence electrons. The van der Waals surface area contributed by atoms with E-state index >= 15 is 0 Å². The van der Waals surface area contributed by atoms with Gasteiger partial charge in [-0.05, 0) is 24.3 Å². The molecule has 0 aromatic heterocycles. The second-order valence-corrected chi connectivity index (χ2v) is 4.60. The molecule has 21 heavy (non-hydrogen) atoms. The van der Waals surface area contributed by atoms with Crippen molar-refractivity contribution in [3.05, 3.63) is 63.7 Å². The van der Waals surface area contributed by atoms with Gasteiger partial charge in [-0.1, -0.05) is 29.8 Å². The summed E-state index contributed by atoms with van der Waals surface area (Å²) in [6.45, 7) is -0.00627. The predicted octanol–water partition coefficient (Wildman–Crippen LogP) is 3.30. The number of carbonyl (C=O) groups excluding carboxylic acids is 1. The third-order valence-corrected chi connectivity index (χ3v) is 2.97. The predicted molar refractivity (Wildman–Crippen MR) is 81.7 cm³/mol. The van der Waals surface area contributed by atoms with Gasteiger partial charge in [-0.15, -0.1) is 0 Å². The lowest BCUT2D eigenvalue weighted by Gasteiger charge is -2.08. The number of hydrogen-bond acceptors (Lipinski definition) is 4. The van der Waals surface area contributed by atoms with Gasteiger partial charge in [-0.25, -0.2) is 0 Å². The molecule has 2 rings (SSSR count). The molecule has 0 saturated heterocycles. The number of hydrogen-bond donors (Lipinski definition) is 2. The van der Waals surface area contributed by atoms with E-state index in [2.05, 4.69) is 10.6 Å². The SMILES string of the molecule is O=C(CNc1ccc(Cl)c([N+](=O)[O-])c1)Nc1ccccc1. The van der Waals surface area contributed by atoms with Gasteiger partial charge >= 0.3 is 0 Å². The molecule has 0 aliphatic heterocycles. The summed E-state index contributed by atoms with van der Waals surface area (Å²) in [6, 6.07) is 13.3. The number of rotatable bonds is 5. The van der Waals surface area contributed by atoms with E-state index in [1.807, 2.05) is 18.2 Å². The third-order valence-electron chi connectivity index (χ3n) is 2.65. The molecular formula is C14H12ClN3O3. The van der Waals surface area contributed by atoms with Gasteiger partial charge in [-0.3, -0.25) is 14.9 Å². The Morgan fingerprint density at radius 3 is 2.52 bits per heavy atom. The van der Waals surface area contributed by atoms with Crippen LogP contribution in [0.25, 0.3) is 0 Å². The maximum absolute atomic E-state index is 11.7. The Balaban J connectivity index is 1.95. The summed E-state index contributed by atoms with van der Waals surface area (Å²) in [7, 11) is 0. The molecular weight excluding hydrogens is 294 g/mol. The molecule has 6 nitrogen and oxygen atoms in total. The molecule has 2 aromatic rings. The summed E-state index contributed by atoms with van der Waals surface area (Å²) in [5, 5.41) is 16.3. The zero-order chi connectivity index (χ0) is 15.2. The average Bonchev–Trinajstić information content (AvgIpc) is 2.47. The van der Waals surface area contributed by atoms with Crippen molar-refractivity contribution < 1.29 is 9.72 Å². The number of para-hydroxylation sites is 1. The highest BCUT2D eigenvalue weighted by Crippen LogP contribution is 2.27. The molecule has 7 heteroatoms. The van der Waals surface area contributed by atoms with Gasteiger partial charge < -0.3 is 10.6 Å². The van der Waals surface area contributed by atoms with Crippen LogP contribution in [0.15, 0.2) is 48.5 Å². The zero-order valence-corrected chi connectivity index (χ0v) is 11.6. The van der Waals surface area contributed by atoms with Gasteiger partial charge in [0.15, 0.2) is 0 Å². The lowest BCUT2D eigenvalue weighted by Crippen LogP contribution is -2.21. The number of amides is 1. The minimum absolute atomic E-state index is 0.00627. The molecule has 2 aromatic carbocycles. The number of benzene rings is 2. The second kappa shape index (κ2) is 6.71. The fourth-order valence-corrected chi connectivity index (χ4v) is 1.86. The van der Waals surface area contributed by atoms with E-state index in [4.69, 9.17) is 11.6 Å². The first kappa shape index (κ1) is 14.8.